The molecule has 2 aliphatic heterocycles. The summed E-state index contributed by atoms with van der Waals surface area (Å²) in [5, 5.41) is 17.0. The second-order valence-corrected chi connectivity index (χ2v) is 8.84. The lowest BCUT2D eigenvalue weighted by Gasteiger charge is -2.16. The maximum atomic E-state index is 11.7. The van der Waals surface area contributed by atoms with Gasteiger partial charge in [-0.25, -0.2) is 9.59 Å². The molecule has 0 spiro atoms. The number of carbonyl (C=O) groups is 3. The van der Waals surface area contributed by atoms with E-state index in [1.807, 2.05) is 0 Å². The fourth-order valence-electron chi connectivity index (χ4n) is 2.93. The van der Waals surface area contributed by atoms with E-state index in [9.17, 15) is 22.8 Å². The zero-order chi connectivity index (χ0) is 18.6. The Morgan fingerprint density at radius 2 is 2.04 bits per heavy atom. The van der Waals surface area contributed by atoms with Crippen LogP contribution in [0.15, 0.2) is 0 Å². The topological polar surface area (TPSA) is 162 Å². The van der Waals surface area contributed by atoms with Crippen molar-refractivity contribution in [2.45, 2.75) is 49.1 Å². The molecule has 2 saturated heterocycles. The monoisotopic (exact) mass is 395 g/mol. The van der Waals surface area contributed by atoms with E-state index in [4.69, 9.17) is 9.66 Å². The number of urea groups is 1. The molecule has 0 aromatic rings. The summed E-state index contributed by atoms with van der Waals surface area (Å²) in [7, 11) is -4.50. The number of fused-ring (bicyclic) bond motifs is 1. The summed E-state index contributed by atoms with van der Waals surface area (Å²) in [5.74, 6) is -2.32. The summed E-state index contributed by atoms with van der Waals surface area (Å²) >= 11 is 1.77. The standard InChI is InChI=1S/C13H21N3O7S2/c17-10(14-8(12(18)19)6-25(21,22)23)4-2-1-3-9-11-7(5-24-9)15-13(20)16-11/h7-9,11H,1-6H2,(H,14,17)(H,18,19)(H2,15,16,20)(H,21,22,23)/t7-,8-,9-,11-/m0/s1. The van der Waals surface area contributed by atoms with Gasteiger partial charge in [-0.05, 0) is 12.8 Å². The number of unbranched alkanes of at least 4 members (excludes halogenated alkanes) is 1. The van der Waals surface area contributed by atoms with Crippen LogP contribution in [0, 0.1) is 0 Å². The normalized spacial score (nSPS) is 26.4. The van der Waals surface area contributed by atoms with Gasteiger partial charge in [0.1, 0.15) is 11.8 Å². The molecule has 4 atom stereocenters. The lowest BCUT2D eigenvalue weighted by atomic mass is 10.0. The summed E-state index contributed by atoms with van der Waals surface area (Å²) in [5.41, 5.74) is 0. The van der Waals surface area contributed by atoms with Gasteiger partial charge in [0, 0.05) is 17.4 Å². The zero-order valence-electron chi connectivity index (χ0n) is 13.3. The Morgan fingerprint density at radius 3 is 2.68 bits per heavy atom. The van der Waals surface area contributed by atoms with E-state index in [2.05, 4.69) is 16.0 Å². The van der Waals surface area contributed by atoms with Gasteiger partial charge in [-0.3, -0.25) is 9.35 Å². The van der Waals surface area contributed by atoms with E-state index >= 15 is 0 Å². The van der Waals surface area contributed by atoms with Crippen molar-refractivity contribution >= 4 is 39.8 Å². The van der Waals surface area contributed by atoms with Crippen molar-refractivity contribution < 1.29 is 32.5 Å². The molecule has 0 unspecified atom stereocenters. The van der Waals surface area contributed by atoms with Crippen LogP contribution in [0.2, 0.25) is 0 Å². The van der Waals surface area contributed by atoms with Crippen molar-refractivity contribution in [3.8, 4) is 0 Å². The van der Waals surface area contributed by atoms with E-state index < -0.39 is 33.8 Å². The average Bonchev–Trinajstić information content (AvgIpc) is 3.01. The van der Waals surface area contributed by atoms with Gasteiger partial charge >= 0.3 is 12.0 Å². The molecule has 0 aliphatic carbocycles. The molecule has 2 aliphatic rings. The van der Waals surface area contributed by atoms with E-state index in [1.165, 1.54) is 0 Å². The number of hydrogen-bond donors (Lipinski definition) is 5. The molecule has 2 rings (SSSR count). The Labute approximate surface area is 149 Å². The van der Waals surface area contributed by atoms with E-state index in [1.54, 1.807) is 11.8 Å². The molecule has 0 aromatic heterocycles. The highest BCUT2D eigenvalue weighted by Crippen LogP contribution is 2.33. The molecule has 5 N–H and O–H groups in total. The van der Waals surface area contributed by atoms with Gasteiger partial charge < -0.3 is 21.1 Å². The third kappa shape index (κ3) is 6.04. The highest BCUT2D eigenvalue weighted by molar-refractivity contribution is 8.00. The first-order chi connectivity index (χ1) is 11.7. The van der Waals surface area contributed by atoms with Gasteiger partial charge in [-0.1, -0.05) is 6.42 Å². The number of amides is 3. The molecular formula is C13H21N3O7S2. The molecule has 0 bridgehead atoms. The summed E-state index contributed by atoms with van der Waals surface area (Å²) in [4.78, 5) is 33.9. The summed E-state index contributed by atoms with van der Waals surface area (Å²) in [6.07, 6.45) is 2.11. The number of carboxylic acid groups (broad SMARTS) is 1. The maximum absolute atomic E-state index is 11.7. The number of hydrogen-bond acceptors (Lipinski definition) is 6. The van der Waals surface area contributed by atoms with Crippen LogP contribution in [0.5, 0.6) is 0 Å². The van der Waals surface area contributed by atoms with Crippen LogP contribution >= 0.6 is 11.8 Å². The molecule has 25 heavy (non-hydrogen) atoms. The van der Waals surface area contributed by atoms with Crippen molar-refractivity contribution in [1.82, 2.24) is 16.0 Å². The summed E-state index contributed by atoms with van der Waals surface area (Å²) in [6.45, 7) is 0. The Balaban J connectivity index is 1.68. The van der Waals surface area contributed by atoms with Crippen LogP contribution in [-0.2, 0) is 19.7 Å². The predicted molar refractivity (Wildman–Crippen MR) is 89.9 cm³/mol. The highest BCUT2D eigenvalue weighted by atomic mass is 32.2. The number of rotatable bonds is 9. The van der Waals surface area contributed by atoms with Crippen LogP contribution in [0.3, 0.4) is 0 Å². The second-order valence-electron chi connectivity index (χ2n) is 6.07. The number of carboxylic acids is 1. The van der Waals surface area contributed by atoms with Crippen molar-refractivity contribution in [2.24, 2.45) is 0 Å². The van der Waals surface area contributed by atoms with Crippen LogP contribution in [0.25, 0.3) is 0 Å². The quantitative estimate of drug-likeness (QED) is 0.192. The first-order valence-electron chi connectivity index (χ1n) is 7.81. The molecule has 12 heteroatoms. The van der Waals surface area contributed by atoms with Crippen molar-refractivity contribution in [3.05, 3.63) is 0 Å². The van der Waals surface area contributed by atoms with E-state index in [-0.39, 0.29) is 29.8 Å². The number of nitrogens with one attached hydrogen (secondary N) is 3. The van der Waals surface area contributed by atoms with Crippen molar-refractivity contribution in [2.75, 3.05) is 11.5 Å². The van der Waals surface area contributed by atoms with E-state index in [0.717, 1.165) is 18.6 Å². The predicted octanol–water partition coefficient (Wildman–Crippen LogP) is -0.831. The average molecular weight is 395 g/mol. The Bertz CT molecular complexity index is 640. The van der Waals surface area contributed by atoms with Crippen LogP contribution < -0.4 is 16.0 Å². The van der Waals surface area contributed by atoms with Gasteiger partial charge in [0.2, 0.25) is 5.91 Å². The summed E-state index contributed by atoms with van der Waals surface area (Å²) < 4.78 is 30.2. The van der Waals surface area contributed by atoms with Crippen LogP contribution in [0.1, 0.15) is 25.7 Å². The second kappa shape index (κ2) is 8.23. The van der Waals surface area contributed by atoms with Crippen molar-refractivity contribution in [1.29, 1.82) is 0 Å². The van der Waals surface area contributed by atoms with Crippen LogP contribution in [0.4, 0.5) is 4.79 Å². The van der Waals surface area contributed by atoms with Gasteiger partial charge in [0.05, 0.1) is 12.1 Å². The molecule has 0 radical (unpaired) electrons. The Kier molecular flexibility index (Phi) is 6.52. The fourth-order valence-corrected chi connectivity index (χ4v) is 5.12. The molecule has 3 amide bonds. The van der Waals surface area contributed by atoms with E-state index in [0.29, 0.717) is 6.42 Å². The first-order valence-corrected chi connectivity index (χ1v) is 10.5. The first kappa shape index (κ1) is 19.8. The van der Waals surface area contributed by atoms with Crippen LogP contribution in [-0.4, -0.2) is 70.9 Å². The minimum Gasteiger partial charge on any atom is -0.480 e. The third-order valence-electron chi connectivity index (χ3n) is 4.09. The van der Waals surface area contributed by atoms with Gasteiger partial charge in [-0.15, -0.1) is 0 Å². The highest BCUT2D eigenvalue weighted by Gasteiger charge is 2.42. The molecule has 10 nitrogen and oxygen atoms in total. The zero-order valence-corrected chi connectivity index (χ0v) is 14.9. The molecule has 142 valence electrons. The van der Waals surface area contributed by atoms with Gasteiger partial charge in [0.15, 0.2) is 0 Å². The largest absolute Gasteiger partial charge is 0.480 e. The third-order valence-corrected chi connectivity index (χ3v) is 6.35. The molecule has 2 fully saturated rings. The minimum atomic E-state index is -4.50. The SMILES string of the molecule is O=C(CCCC[C@@H]1SC[C@@H]2NC(=O)N[C@@H]21)N[C@@H](CS(=O)(=O)O)C(=O)O. The Hall–Kier alpha value is -1.53. The van der Waals surface area contributed by atoms with Gasteiger partial charge in [0.25, 0.3) is 10.1 Å². The number of thioether (sulfide) groups is 1. The lowest BCUT2D eigenvalue weighted by molar-refractivity contribution is -0.141. The lowest BCUT2D eigenvalue weighted by Crippen LogP contribution is -2.45. The number of carbonyl (C=O) groups excluding carboxylic acids is 2. The fraction of sp³-hybridized carbons (Fsp3) is 0.769. The molecule has 0 aromatic carbocycles. The number of aliphatic carboxylic acids is 1. The summed E-state index contributed by atoms with van der Waals surface area (Å²) in [6, 6.07) is -1.59. The Morgan fingerprint density at radius 1 is 1.32 bits per heavy atom. The van der Waals surface area contributed by atoms with Gasteiger partial charge in [-0.2, -0.15) is 20.2 Å². The molecule has 2 heterocycles. The molecule has 0 saturated carbocycles. The maximum Gasteiger partial charge on any atom is 0.327 e. The molecular weight excluding hydrogens is 374 g/mol. The smallest absolute Gasteiger partial charge is 0.327 e. The minimum absolute atomic E-state index is 0.0609. The van der Waals surface area contributed by atoms with Crippen molar-refractivity contribution in [3.63, 3.8) is 0 Å².